The number of rotatable bonds is 5. The Kier molecular flexibility index (Phi) is 6.51. The lowest BCUT2D eigenvalue weighted by Crippen LogP contribution is -2.07. The van der Waals surface area contributed by atoms with Gasteiger partial charge in [0.05, 0.1) is 11.0 Å². The predicted molar refractivity (Wildman–Crippen MR) is 215 cm³/mol. The van der Waals surface area contributed by atoms with E-state index in [0.29, 0.717) is 17.6 Å². The Hall–Kier alpha value is -6.43. The van der Waals surface area contributed by atoms with Gasteiger partial charge in [0.2, 0.25) is 5.95 Å². The summed E-state index contributed by atoms with van der Waals surface area (Å²) >= 11 is 1.85. The molecular formula is C47H30N4S. The third kappa shape index (κ3) is 4.56. The summed E-state index contributed by atoms with van der Waals surface area (Å²) in [6, 6.07) is 58.6. The lowest BCUT2D eigenvalue weighted by Gasteiger charge is -2.15. The van der Waals surface area contributed by atoms with E-state index < -0.39 is 0 Å². The van der Waals surface area contributed by atoms with E-state index in [1.165, 1.54) is 58.8 Å². The number of hydrogen-bond donors (Lipinski definition) is 0. The highest BCUT2D eigenvalue weighted by molar-refractivity contribution is 7.25. The lowest BCUT2D eigenvalue weighted by molar-refractivity contribution is 0.827. The second kappa shape index (κ2) is 11.6. The van der Waals surface area contributed by atoms with Crippen LogP contribution in [0.1, 0.15) is 22.6 Å². The molecule has 0 N–H and O–H groups in total. The Balaban J connectivity index is 1.18. The van der Waals surface area contributed by atoms with Gasteiger partial charge in [-0.15, -0.1) is 11.3 Å². The first-order valence-corrected chi connectivity index (χ1v) is 18.5. The van der Waals surface area contributed by atoms with Crippen molar-refractivity contribution in [1.82, 2.24) is 19.5 Å². The zero-order chi connectivity index (χ0) is 34.2. The standard InChI is InChI=1S/C47H30N4S/c1-3-13-30(14-4-1)45-48-46(31-15-5-2-6-16-31)50-47(49-45)51-41-26-29(25-38-34-19-9-7-17-32(34)33-18-8-10-20-35(33)38)23-24-36(41)39-28-44-40(27-42(39)51)37-21-11-12-22-43(37)52-44/h1-24,26-28,38H,25H2. The van der Waals surface area contributed by atoms with Crippen molar-refractivity contribution in [3.8, 4) is 39.9 Å². The summed E-state index contributed by atoms with van der Waals surface area (Å²) in [5, 5.41) is 4.90. The third-order valence-electron chi connectivity index (χ3n) is 10.6. The molecule has 0 atom stereocenters. The molecule has 5 heteroatoms. The Morgan fingerprint density at radius 2 is 1.06 bits per heavy atom. The van der Waals surface area contributed by atoms with E-state index in [2.05, 4.69) is 132 Å². The van der Waals surface area contributed by atoms with Gasteiger partial charge in [-0.3, -0.25) is 4.57 Å². The van der Waals surface area contributed by atoms with Crippen LogP contribution in [0.5, 0.6) is 0 Å². The summed E-state index contributed by atoms with van der Waals surface area (Å²) in [5.41, 5.74) is 10.9. The minimum atomic E-state index is 0.283. The number of benzene rings is 7. The zero-order valence-corrected chi connectivity index (χ0v) is 28.9. The average Bonchev–Trinajstić information content (AvgIpc) is 3.84. The van der Waals surface area contributed by atoms with Crippen LogP contribution in [-0.2, 0) is 6.42 Å². The maximum atomic E-state index is 5.24. The average molecular weight is 683 g/mol. The highest BCUT2D eigenvalue weighted by Gasteiger charge is 2.28. The molecule has 4 nitrogen and oxygen atoms in total. The summed E-state index contributed by atoms with van der Waals surface area (Å²) in [7, 11) is 0. The molecule has 0 bridgehead atoms. The summed E-state index contributed by atoms with van der Waals surface area (Å²) in [5.74, 6) is 2.19. The lowest BCUT2D eigenvalue weighted by atomic mass is 9.90. The van der Waals surface area contributed by atoms with Crippen LogP contribution in [0.15, 0.2) is 164 Å². The largest absolute Gasteiger partial charge is 0.278 e. The third-order valence-corrected chi connectivity index (χ3v) is 11.8. The maximum Gasteiger partial charge on any atom is 0.238 e. The van der Waals surface area contributed by atoms with Crippen LogP contribution in [-0.4, -0.2) is 19.5 Å². The predicted octanol–water partition coefficient (Wildman–Crippen LogP) is 12.0. The van der Waals surface area contributed by atoms with Crippen molar-refractivity contribution in [2.45, 2.75) is 12.3 Å². The molecule has 1 aliphatic rings. The number of hydrogen-bond acceptors (Lipinski definition) is 4. The minimum Gasteiger partial charge on any atom is -0.278 e. The summed E-state index contributed by atoms with van der Waals surface area (Å²) in [6.45, 7) is 0. The molecule has 52 heavy (non-hydrogen) atoms. The van der Waals surface area contributed by atoms with Crippen molar-refractivity contribution in [3.05, 3.63) is 180 Å². The normalized spacial score (nSPS) is 12.6. The molecule has 1 aliphatic carbocycles. The second-order valence-electron chi connectivity index (χ2n) is 13.6. The highest BCUT2D eigenvalue weighted by atomic mass is 32.1. The second-order valence-corrected chi connectivity index (χ2v) is 14.7. The fourth-order valence-corrected chi connectivity index (χ4v) is 9.36. The van der Waals surface area contributed by atoms with Crippen molar-refractivity contribution in [2.75, 3.05) is 0 Å². The Labute approximate surface area is 304 Å². The van der Waals surface area contributed by atoms with Gasteiger partial charge in [-0.25, -0.2) is 4.98 Å². The SMILES string of the molecule is c1ccc(-c2nc(-c3ccccc3)nc(-n3c4cc(CC5c6ccccc6-c6ccccc65)ccc4c4cc5sc6ccccc6c5cc43)n2)cc1. The van der Waals surface area contributed by atoms with Gasteiger partial charge in [-0.2, -0.15) is 9.97 Å². The monoisotopic (exact) mass is 682 g/mol. The van der Waals surface area contributed by atoms with Gasteiger partial charge in [0.25, 0.3) is 0 Å². The molecule has 0 saturated carbocycles. The van der Waals surface area contributed by atoms with Crippen LogP contribution >= 0.6 is 11.3 Å². The molecule has 0 spiro atoms. The molecule has 0 unspecified atom stereocenters. The van der Waals surface area contributed by atoms with E-state index in [9.17, 15) is 0 Å². The summed E-state index contributed by atoms with van der Waals surface area (Å²) in [4.78, 5) is 15.5. The molecule has 0 radical (unpaired) electrons. The van der Waals surface area contributed by atoms with Gasteiger partial charge in [-0.05, 0) is 58.5 Å². The molecule has 0 fully saturated rings. The van der Waals surface area contributed by atoms with Crippen LogP contribution in [0.2, 0.25) is 0 Å². The van der Waals surface area contributed by atoms with Gasteiger partial charge in [-0.1, -0.05) is 140 Å². The molecule has 7 aromatic carbocycles. The molecular weight excluding hydrogens is 653 g/mol. The molecule has 3 aromatic heterocycles. The number of nitrogens with zero attached hydrogens (tertiary/aromatic N) is 4. The summed E-state index contributed by atoms with van der Waals surface area (Å²) < 4.78 is 4.84. The molecule has 0 saturated heterocycles. The first-order valence-electron chi connectivity index (χ1n) is 17.7. The van der Waals surface area contributed by atoms with E-state index in [1.807, 2.05) is 47.7 Å². The van der Waals surface area contributed by atoms with Crippen LogP contribution in [0.4, 0.5) is 0 Å². The number of fused-ring (bicyclic) bond motifs is 9. The smallest absolute Gasteiger partial charge is 0.238 e. The Morgan fingerprint density at radius 3 is 1.75 bits per heavy atom. The van der Waals surface area contributed by atoms with Crippen molar-refractivity contribution >= 4 is 53.3 Å². The topological polar surface area (TPSA) is 43.6 Å². The Bertz CT molecular complexity index is 2890. The molecule has 10 aromatic rings. The van der Waals surface area contributed by atoms with Crippen molar-refractivity contribution in [2.24, 2.45) is 0 Å². The number of aromatic nitrogens is 4. The quantitative estimate of drug-likeness (QED) is 0.181. The van der Waals surface area contributed by atoms with Crippen LogP contribution < -0.4 is 0 Å². The highest BCUT2D eigenvalue weighted by Crippen LogP contribution is 2.47. The molecule has 11 rings (SSSR count). The van der Waals surface area contributed by atoms with E-state index in [0.717, 1.165) is 28.6 Å². The van der Waals surface area contributed by atoms with E-state index in [1.54, 1.807) is 0 Å². The maximum absolute atomic E-state index is 5.24. The van der Waals surface area contributed by atoms with Crippen molar-refractivity contribution < 1.29 is 0 Å². The van der Waals surface area contributed by atoms with E-state index >= 15 is 0 Å². The minimum absolute atomic E-state index is 0.283. The number of thiophene rings is 1. The van der Waals surface area contributed by atoms with Crippen LogP contribution in [0.3, 0.4) is 0 Å². The molecule has 244 valence electrons. The molecule has 0 aliphatic heterocycles. The summed E-state index contributed by atoms with van der Waals surface area (Å²) in [6.07, 6.45) is 0.896. The fourth-order valence-electron chi connectivity index (χ4n) is 8.24. The fraction of sp³-hybridized carbons (Fsp3) is 0.0426. The first-order chi connectivity index (χ1) is 25.8. The Morgan fingerprint density at radius 1 is 0.462 bits per heavy atom. The van der Waals surface area contributed by atoms with Crippen LogP contribution in [0, 0.1) is 0 Å². The molecule has 3 heterocycles. The van der Waals surface area contributed by atoms with Gasteiger partial charge in [0.15, 0.2) is 11.6 Å². The van der Waals surface area contributed by atoms with Gasteiger partial charge < -0.3 is 0 Å². The van der Waals surface area contributed by atoms with Gasteiger partial charge in [0.1, 0.15) is 0 Å². The van der Waals surface area contributed by atoms with E-state index in [-0.39, 0.29) is 5.92 Å². The van der Waals surface area contributed by atoms with Crippen molar-refractivity contribution in [3.63, 3.8) is 0 Å². The van der Waals surface area contributed by atoms with Gasteiger partial charge in [0, 0.05) is 48.0 Å². The van der Waals surface area contributed by atoms with Gasteiger partial charge >= 0.3 is 0 Å². The molecule has 0 amide bonds. The van der Waals surface area contributed by atoms with Crippen molar-refractivity contribution in [1.29, 1.82) is 0 Å². The zero-order valence-electron chi connectivity index (χ0n) is 28.1. The van der Waals surface area contributed by atoms with Crippen LogP contribution in [0.25, 0.3) is 81.8 Å². The van der Waals surface area contributed by atoms with E-state index in [4.69, 9.17) is 15.0 Å². The first kappa shape index (κ1) is 29.3.